The van der Waals surface area contributed by atoms with Gasteiger partial charge in [0.15, 0.2) is 0 Å². The summed E-state index contributed by atoms with van der Waals surface area (Å²) in [7, 11) is 0. The highest BCUT2D eigenvalue weighted by Gasteiger charge is 2.02. The van der Waals surface area contributed by atoms with Gasteiger partial charge in [0.25, 0.3) is 0 Å². The highest BCUT2D eigenvalue weighted by molar-refractivity contribution is 5.96. The number of hydrogen-bond donors (Lipinski definition) is 2. The average molecular weight is 159 g/mol. The zero-order valence-electron chi connectivity index (χ0n) is 6.59. The number of ketones is 1. The number of carbonyl (C=O) groups is 2. The van der Waals surface area contributed by atoms with E-state index in [1.54, 1.807) is 0 Å². The molecule has 2 N–H and O–H groups in total. The Morgan fingerprint density at radius 2 is 2.09 bits per heavy atom. The summed E-state index contributed by atoms with van der Waals surface area (Å²) in [5.41, 5.74) is 0. The molecule has 64 valence electrons. The third kappa shape index (κ3) is 6.99. The van der Waals surface area contributed by atoms with Crippen molar-refractivity contribution in [1.82, 2.24) is 5.32 Å². The van der Waals surface area contributed by atoms with Crippen LogP contribution in [0.5, 0.6) is 0 Å². The quantitative estimate of drug-likeness (QED) is 0.418. The van der Waals surface area contributed by atoms with Gasteiger partial charge in [-0.3, -0.25) is 9.59 Å². The summed E-state index contributed by atoms with van der Waals surface area (Å²) < 4.78 is 0. The second-order valence-corrected chi connectivity index (χ2v) is 2.31. The summed E-state index contributed by atoms with van der Waals surface area (Å²) in [6, 6.07) is 0. The summed E-state index contributed by atoms with van der Waals surface area (Å²) in [6.07, 6.45) is 0.467. The summed E-state index contributed by atoms with van der Waals surface area (Å²) in [4.78, 5) is 21.1. The predicted molar refractivity (Wildman–Crippen MR) is 40.0 cm³/mol. The Kier molecular flexibility index (Phi) is 5.37. The van der Waals surface area contributed by atoms with E-state index in [0.717, 1.165) is 0 Å². The zero-order chi connectivity index (χ0) is 8.69. The largest absolute Gasteiger partial charge is 0.396 e. The molecule has 0 radical (unpaired) electrons. The maximum atomic E-state index is 10.7. The van der Waals surface area contributed by atoms with Gasteiger partial charge in [0.05, 0.1) is 6.42 Å². The molecule has 0 aliphatic carbocycles. The topological polar surface area (TPSA) is 66.4 Å². The predicted octanol–water partition coefficient (Wildman–Crippen LogP) is -0.536. The molecule has 0 fully saturated rings. The van der Waals surface area contributed by atoms with Crippen molar-refractivity contribution >= 4 is 11.7 Å². The number of nitrogens with one attached hydrogen (secondary N) is 1. The standard InChI is InChI=1S/C7H13NO3/c1-6(10)5-7(11)8-3-2-4-9/h9H,2-5H2,1H3,(H,8,11). The molecule has 0 aromatic rings. The fourth-order valence-corrected chi connectivity index (χ4v) is 0.595. The van der Waals surface area contributed by atoms with E-state index in [1.165, 1.54) is 6.92 Å². The molecule has 4 heteroatoms. The van der Waals surface area contributed by atoms with Crippen molar-refractivity contribution in [2.24, 2.45) is 0 Å². The molecule has 0 saturated heterocycles. The first-order valence-corrected chi connectivity index (χ1v) is 3.54. The van der Waals surface area contributed by atoms with Crippen molar-refractivity contribution in [2.75, 3.05) is 13.2 Å². The van der Waals surface area contributed by atoms with E-state index < -0.39 is 0 Å². The molecular weight excluding hydrogens is 146 g/mol. The lowest BCUT2D eigenvalue weighted by Crippen LogP contribution is -2.26. The minimum atomic E-state index is -0.272. The monoisotopic (exact) mass is 159 g/mol. The SMILES string of the molecule is CC(=O)CC(=O)NCCCO. The Labute approximate surface area is 65.6 Å². The number of carbonyl (C=O) groups excluding carboxylic acids is 2. The molecule has 0 atom stereocenters. The third-order valence-electron chi connectivity index (χ3n) is 1.07. The van der Waals surface area contributed by atoms with Crippen LogP contribution in [0, 0.1) is 0 Å². The molecule has 0 heterocycles. The van der Waals surface area contributed by atoms with Crippen LogP contribution in [-0.4, -0.2) is 29.9 Å². The Morgan fingerprint density at radius 3 is 2.55 bits per heavy atom. The third-order valence-corrected chi connectivity index (χ3v) is 1.07. The van der Waals surface area contributed by atoms with Crippen LogP contribution in [0.2, 0.25) is 0 Å². The Balaban J connectivity index is 3.30. The van der Waals surface area contributed by atoms with E-state index in [9.17, 15) is 9.59 Å². The van der Waals surface area contributed by atoms with Gasteiger partial charge < -0.3 is 10.4 Å². The molecule has 0 aliphatic heterocycles. The molecule has 0 rings (SSSR count). The van der Waals surface area contributed by atoms with Crippen molar-refractivity contribution in [2.45, 2.75) is 19.8 Å². The normalized spacial score (nSPS) is 9.27. The van der Waals surface area contributed by atoms with Gasteiger partial charge >= 0.3 is 0 Å². The molecule has 0 aromatic heterocycles. The Hall–Kier alpha value is -0.900. The lowest BCUT2D eigenvalue weighted by atomic mass is 10.3. The van der Waals surface area contributed by atoms with E-state index in [2.05, 4.69) is 5.32 Å². The molecule has 11 heavy (non-hydrogen) atoms. The number of rotatable bonds is 5. The second-order valence-electron chi connectivity index (χ2n) is 2.31. The van der Waals surface area contributed by atoms with Crippen molar-refractivity contribution in [1.29, 1.82) is 0 Å². The summed E-state index contributed by atoms with van der Waals surface area (Å²) in [5.74, 6) is -0.419. The molecule has 4 nitrogen and oxygen atoms in total. The Bertz CT molecular complexity index is 145. The van der Waals surface area contributed by atoms with E-state index in [1.807, 2.05) is 0 Å². The number of Topliss-reactive ketones (excluding diaryl/α,β-unsaturated/α-hetero) is 1. The summed E-state index contributed by atoms with van der Waals surface area (Å²) in [6.45, 7) is 1.86. The van der Waals surface area contributed by atoms with Crippen LogP contribution in [0.25, 0.3) is 0 Å². The van der Waals surface area contributed by atoms with Gasteiger partial charge in [-0.25, -0.2) is 0 Å². The lowest BCUT2D eigenvalue weighted by Gasteiger charge is -2.00. The van der Waals surface area contributed by atoms with Crippen LogP contribution in [0.15, 0.2) is 0 Å². The molecule has 1 amide bonds. The van der Waals surface area contributed by atoms with Crippen molar-refractivity contribution in [3.05, 3.63) is 0 Å². The average Bonchev–Trinajstić information content (AvgIpc) is 1.86. The number of aliphatic hydroxyl groups is 1. The maximum Gasteiger partial charge on any atom is 0.227 e. The van der Waals surface area contributed by atoms with Gasteiger partial charge in [-0.2, -0.15) is 0 Å². The smallest absolute Gasteiger partial charge is 0.227 e. The minimum absolute atomic E-state index is 0.0559. The summed E-state index contributed by atoms with van der Waals surface area (Å²) in [5, 5.41) is 10.8. The van der Waals surface area contributed by atoms with Gasteiger partial charge in [-0.1, -0.05) is 0 Å². The highest BCUT2D eigenvalue weighted by atomic mass is 16.3. The summed E-state index contributed by atoms with van der Waals surface area (Å²) >= 11 is 0. The molecule has 0 saturated carbocycles. The second kappa shape index (κ2) is 5.85. The first-order valence-electron chi connectivity index (χ1n) is 3.54. The van der Waals surface area contributed by atoms with E-state index in [0.29, 0.717) is 13.0 Å². The highest BCUT2D eigenvalue weighted by Crippen LogP contribution is 1.81. The van der Waals surface area contributed by atoms with Crippen molar-refractivity contribution in [3.8, 4) is 0 Å². The van der Waals surface area contributed by atoms with Gasteiger partial charge in [-0.15, -0.1) is 0 Å². The molecule has 0 spiro atoms. The van der Waals surface area contributed by atoms with Gasteiger partial charge in [0.1, 0.15) is 5.78 Å². The van der Waals surface area contributed by atoms with E-state index >= 15 is 0 Å². The number of aliphatic hydroxyl groups excluding tert-OH is 1. The minimum Gasteiger partial charge on any atom is -0.396 e. The van der Waals surface area contributed by atoms with E-state index in [4.69, 9.17) is 5.11 Å². The first kappa shape index (κ1) is 10.1. The van der Waals surface area contributed by atoms with Crippen LogP contribution in [0.3, 0.4) is 0 Å². The van der Waals surface area contributed by atoms with Crippen LogP contribution >= 0.6 is 0 Å². The molecule has 0 aromatic carbocycles. The van der Waals surface area contributed by atoms with Crippen LogP contribution in [0.4, 0.5) is 0 Å². The first-order chi connectivity index (χ1) is 5.16. The number of hydrogen-bond acceptors (Lipinski definition) is 3. The fourth-order valence-electron chi connectivity index (χ4n) is 0.595. The van der Waals surface area contributed by atoms with Crippen molar-refractivity contribution in [3.63, 3.8) is 0 Å². The maximum absolute atomic E-state index is 10.7. The molecule has 0 aliphatic rings. The fraction of sp³-hybridized carbons (Fsp3) is 0.714. The molecule has 0 unspecified atom stereocenters. The van der Waals surface area contributed by atoms with Crippen LogP contribution in [-0.2, 0) is 9.59 Å². The van der Waals surface area contributed by atoms with Crippen LogP contribution < -0.4 is 5.32 Å². The van der Waals surface area contributed by atoms with E-state index in [-0.39, 0.29) is 24.7 Å². The zero-order valence-corrected chi connectivity index (χ0v) is 6.59. The molecular formula is C7H13NO3. The van der Waals surface area contributed by atoms with Crippen LogP contribution in [0.1, 0.15) is 19.8 Å². The lowest BCUT2D eigenvalue weighted by molar-refractivity contribution is -0.127. The van der Waals surface area contributed by atoms with Gasteiger partial charge in [0, 0.05) is 13.2 Å². The molecule has 0 bridgehead atoms. The number of amides is 1. The van der Waals surface area contributed by atoms with Gasteiger partial charge in [-0.05, 0) is 13.3 Å². The van der Waals surface area contributed by atoms with Crippen molar-refractivity contribution < 1.29 is 14.7 Å². The van der Waals surface area contributed by atoms with Gasteiger partial charge in [0.2, 0.25) is 5.91 Å². The Morgan fingerprint density at radius 1 is 1.45 bits per heavy atom.